The molecule has 0 aliphatic rings. The molecule has 0 radical (unpaired) electrons. The molecule has 4 heteroatoms. The molecule has 94 valence electrons. The van der Waals surface area contributed by atoms with E-state index in [0.29, 0.717) is 24.1 Å². The molecule has 0 heterocycles. The molecule has 0 saturated carbocycles. The number of aliphatic carboxylic acids is 1. The second kappa shape index (κ2) is 6.45. The van der Waals surface area contributed by atoms with Gasteiger partial charge in [-0.1, -0.05) is 19.1 Å². The van der Waals surface area contributed by atoms with Crippen molar-refractivity contribution >= 4 is 11.7 Å². The summed E-state index contributed by atoms with van der Waals surface area (Å²) in [4.78, 5) is 10.8. The van der Waals surface area contributed by atoms with E-state index in [0.717, 1.165) is 11.3 Å². The fourth-order valence-electron chi connectivity index (χ4n) is 1.55. The maximum absolute atomic E-state index is 10.8. The summed E-state index contributed by atoms with van der Waals surface area (Å²) in [5.41, 5.74) is 2.85. The third kappa shape index (κ3) is 3.63. The van der Waals surface area contributed by atoms with Gasteiger partial charge in [0.25, 0.3) is 0 Å². The first kappa shape index (κ1) is 13.8. The molecule has 1 rings (SSSR count). The largest absolute Gasteiger partial charge is 0.478 e. The Morgan fingerprint density at radius 1 is 1.56 bits per heavy atom. The van der Waals surface area contributed by atoms with E-state index < -0.39 is 5.97 Å². The number of rotatable bonds is 5. The van der Waals surface area contributed by atoms with Gasteiger partial charge < -0.3 is 10.4 Å². The van der Waals surface area contributed by atoms with Crippen molar-refractivity contribution in [2.24, 2.45) is 0 Å². The van der Waals surface area contributed by atoms with Crippen molar-refractivity contribution in [3.05, 3.63) is 41.0 Å². The molecule has 0 atom stereocenters. The van der Waals surface area contributed by atoms with Gasteiger partial charge in [0, 0.05) is 17.8 Å². The molecule has 0 aliphatic carbocycles. The molecule has 4 nitrogen and oxygen atoms in total. The van der Waals surface area contributed by atoms with Gasteiger partial charge in [0.15, 0.2) is 0 Å². The number of aryl methyl sites for hydroxylation is 1. The highest BCUT2D eigenvalue weighted by Crippen LogP contribution is 2.16. The molecule has 0 fully saturated rings. The van der Waals surface area contributed by atoms with Crippen LogP contribution in [-0.2, 0) is 4.79 Å². The number of benzene rings is 1. The molecule has 18 heavy (non-hydrogen) atoms. The van der Waals surface area contributed by atoms with E-state index in [-0.39, 0.29) is 0 Å². The van der Waals surface area contributed by atoms with Crippen molar-refractivity contribution in [1.29, 1.82) is 5.26 Å². The Morgan fingerprint density at radius 3 is 2.83 bits per heavy atom. The van der Waals surface area contributed by atoms with Gasteiger partial charge in [-0.25, -0.2) is 4.79 Å². The zero-order chi connectivity index (χ0) is 13.5. The van der Waals surface area contributed by atoms with Crippen LogP contribution in [0.3, 0.4) is 0 Å². The van der Waals surface area contributed by atoms with Gasteiger partial charge in [0.2, 0.25) is 0 Å². The van der Waals surface area contributed by atoms with E-state index in [4.69, 9.17) is 10.4 Å². The van der Waals surface area contributed by atoms with Crippen LogP contribution >= 0.6 is 0 Å². The number of nitrogens with zero attached hydrogens (tertiary/aromatic N) is 1. The van der Waals surface area contributed by atoms with Crippen molar-refractivity contribution in [1.82, 2.24) is 0 Å². The average Bonchev–Trinajstić information content (AvgIpc) is 2.36. The number of carboxylic acids is 1. The highest BCUT2D eigenvalue weighted by atomic mass is 16.4. The third-order valence-corrected chi connectivity index (χ3v) is 2.66. The number of hydrogen-bond acceptors (Lipinski definition) is 3. The number of hydrogen-bond donors (Lipinski definition) is 2. The molecule has 2 N–H and O–H groups in total. The van der Waals surface area contributed by atoms with Gasteiger partial charge in [-0.15, -0.1) is 0 Å². The van der Waals surface area contributed by atoms with Crippen LogP contribution in [0, 0.1) is 18.3 Å². The minimum atomic E-state index is -0.887. The van der Waals surface area contributed by atoms with Gasteiger partial charge in [0.1, 0.15) is 0 Å². The van der Waals surface area contributed by atoms with Crippen LogP contribution in [0.2, 0.25) is 0 Å². The van der Waals surface area contributed by atoms with Gasteiger partial charge in [0.05, 0.1) is 11.6 Å². The summed E-state index contributed by atoms with van der Waals surface area (Å²) in [6, 6.07) is 7.45. The molecule has 1 aromatic rings. The molecule has 0 aliphatic heterocycles. The first-order chi connectivity index (χ1) is 8.58. The topological polar surface area (TPSA) is 73.1 Å². The molecular formula is C14H16N2O2. The number of nitrogens with one attached hydrogen (secondary N) is 1. The quantitative estimate of drug-likeness (QED) is 0.781. The highest BCUT2D eigenvalue weighted by Gasteiger charge is 2.03. The standard InChI is InChI=1S/C14H16N2O2/c1-3-12(14(17)18)6-7-16-13-8-11(9-15)5-4-10(13)2/h4-6,8,16H,3,7H2,1-2H3,(H,17,18)/b12-6-. The average molecular weight is 244 g/mol. The van der Waals surface area contributed by atoms with Gasteiger partial charge in [-0.2, -0.15) is 5.26 Å². The SMILES string of the molecule is CC/C(=C/CNc1cc(C#N)ccc1C)C(=O)O. The number of nitriles is 1. The van der Waals surface area contributed by atoms with E-state index in [1.54, 1.807) is 18.2 Å². The van der Waals surface area contributed by atoms with Gasteiger partial charge >= 0.3 is 5.97 Å². The number of carboxylic acid groups (broad SMARTS) is 1. The van der Waals surface area contributed by atoms with Crippen molar-refractivity contribution < 1.29 is 9.90 Å². The maximum atomic E-state index is 10.8. The third-order valence-electron chi connectivity index (χ3n) is 2.66. The summed E-state index contributed by atoms with van der Waals surface area (Å²) < 4.78 is 0. The fourth-order valence-corrected chi connectivity index (χ4v) is 1.55. The number of anilines is 1. The zero-order valence-corrected chi connectivity index (χ0v) is 10.5. The Morgan fingerprint density at radius 2 is 2.28 bits per heavy atom. The summed E-state index contributed by atoms with van der Waals surface area (Å²) >= 11 is 0. The summed E-state index contributed by atoms with van der Waals surface area (Å²) in [5.74, 6) is -0.887. The molecule has 0 spiro atoms. The second-order valence-corrected chi connectivity index (χ2v) is 3.91. The van der Waals surface area contributed by atoms with Crippen LogP contribution in [0.4, 0.5) is 5.69 Å². The second-order valence-electron chi connectivity index (χ2n) is 3.91. The van der Waals surface area contributed by atoms with Crippen LogP contribution in [0.15, 0.2) is 29.8 Å². The van der Waals surface area contributed by atoms with Crippen LogP contribution < -0.4 is 5.32 Å². The smallest absolute Gasteiger partial charge is 0.331 e. The van der Waals surface area contributed by atoms with Crippen molar-refractivity contribution in [2.75, 3.05) is 11.9 Å². The first-order valence-corrected chi connectivity index (χ1v) is 5.75. The lowest BCUT2D eigenvalue weighted by Crippen LogP contribution is -2.05. The fraction of sp³-hybridized carbons (Fsp3) is 0.286. The Kier molecular flexibility index (Phi) is 4.94. The minimum absolute atomic E-state index is 0.386. The van der Waals surface area contributed by atoms with Gasteiger partial charge in [-0.05, 0) is 31.0 Å². The Hall–Kier alpha value is -2.28. The van der Waals surface area contributed by atoms with Gasteiger partial charge in [-0.3, -0.25) is 0 Å². The van der Waals surface area contributed by atoms with E-state index in [1.165, 1.54) is 0 Å². The molecule has 0 saturated heterocycles. The van der Waals surface area contributed by atoms with Crippen molar-refractivity contribution in [3.8, 4) is 6.07 Å². The number of carbonyl (C=O) groups is 1. The molecule has 0 bridgehead atoms. The lowest BCUT2D eigenvalue weighted by atomic mass is 10.1. The summed E-state index contributed by atoms with van der Waals surface area (Å²) in [6.07, 6.45) is 2.15. The van der Waals surface area contributed by atoms with Crippen LogP contribution in [-0.4, -0.2) is 17.6 Å². The normalized spacial score (nSPS) is 10.8. The molecule has 0 amide bonds. The predicted octanol–water partition coefficient (Wildman–Crippen LogP) is 2.70. The molecule has 0 aromatic heterocycles. The lowest BCUT2D eigenvalue weighted by molar-refractivity contribution is -0.132. The lowest BCUT2D eigenvalue weighted by Gasteiger charge is -2.08. The van der Waals surface area contributed by atoms with E-state index in [1.807, 2.05) is 19.9 Å². The van der Waals surface area contributed by atoms with Crippen LogP contribution in [0.25, 0.3) is 0 Å². The summed E-state index contributed by atoms with van der Waals surface area (Å²) in [6.45, 7) is 4.18. The molecular weight excluding hydrogens is 228 g/mol. The maximum Gasteiger partial charge on any atom is 0.331 e. The van der Waals surface area contributed by atoms with Crippen molar-refractivity contribution in [2.45, 2.75) is 20.3 Å². The first-order valence-electron chi connectivity index (χ1n) is 5.75. The molecule has 1 aromatic carbocycles. The summed E-state index contributed by atoms with van der Waals surface area (Å²) in [5, 5.41) is 20.8. The van der Waals surface area contributed by atoms with Crippen LogP contribution in [0.5, 0.6) is 0 Å². The van der Waals surface area contributed by atoms with Crippen molar-refractivity contribution in [3.63, 3.8) is 0 Å². The molecule has 0 unspecified atom stereocenters. The highest BCUT2D eigenvalue weighted by molar-refractivity contribution is 5.86. The minimum Gasteiger partial charge on any atom is -0.478 e. The monoisotopic (exact) mass is 244 g/mol. The Balaban J connectivity index is 2.75. The Labute approximate surface area is 107 Å². The zero-order valence-electron chi connectivity index (χ0n) is 10.5. The van der Waals surface area contributed by atoms with E-state index in [2.05, 4.69) is 11.4 Å². The predicted molar refractivity (Wildman–Crippen MR) is 70.4 cm³/mol. The Bertz CT molecular complexity index is 513. The van der Waals surface area contributed by atoms with Crippen LogP contribution in [0.1, 0.15) is 24.5 Å². The van der Waals surface area contributed by atoms with E-state index >= 15 is 0 Å². The van der Waals surface area contributed by atoms with E-state index in [9.17, 15) is 4.79 Å². The summed E-state index contributed by atoms with van der Waals surface area (Å²) in [7, 11) is 0.